The second kappa shape index (κ2) is 9.33. The molecule has 0 spiro atoms. The zero-order valence-electron chi connectivity index (χ0n) is 16.0. The van der Waals surface area contributed by atoms with Crippen molar-refractivity contribution in [3.05, 3.63) is 108 Å². The zero-order chi connectivity index (χ0) is 18.9. The van der Waals surface area contributed by atoms with Gasteiger partial charge in [-0.05, 0) is 30.0 Å². The number of aliphatic hydroxyl groups is 1. The highest BCUT2D eigenvalue weighted by atomic mass is 16.3. The van der Waals surface area contributed by atoms with Crippen LogP contribution >= 0.6 is 0 Å². The number of nitrogens with zero attached hydrogens (tertiary/aromatic N) is 1. The van der Waals surface area contributed by atoms with E-state index in [1.807, 2.05) is 54.6 Å². The molecule has 0 aliphatic carbocycles. The van der Waals surface area contributed by atoms with Gasteiger partial charge in [-0.15, -0.1) is 0 Å². The number of rotatable bonds is 8. The Hall–Kier alpha value is -2.42. The lowest BCUT2D eigenvalue weighted by atomic mass is 9.99. The van der Waals surface area contributed by atoms with Crippen molar-refractivity contribution >= 4 is 0 Å². The molecule has 0 heterocycles. The smallest absolute Gasteiger partial charge is 0.0670 e. The van der Waals surface area contributed by atoms with E-state index in [0.29, 0.717) is 0 Å². The average Bonchev–Trinajstić information content (AvgIpc) is 2.73. The van der Waals surface area contributed by atoms with E-state index in [2.05, 4.69) is 41.3 Å². The molecule has 0 saturated heterocycles. The summed E-state index contributed by atoms with van der Waals surface area (Å²) in [7, 11) is 0. The molecular formula is C24H27NO. The quantitative estimate of drug-likeness (QED) is 0.640. The van der Waals surface area contributed by atoms with Gasteiger partial charge in [-0.25, -0.2) is 0 Å². The highest BCUT2D eigenvalue weighted by Gasteiger charge is 2.24. The minimum absolute atomic E-state index is 0.00240. The lowest BCUT2D eigenvalue weighted by Gasteiger charge is -2.34. The van der Waals surface area contributed by atoms with E-state index in [0.717, 1.165) is 19.5 Å². The van der Waals surface area contributed by atoms with Crippen LogP contribution in [0.15, 0.2) is 91.0 Å². The van der Waals surface area contributed by atoms with Gasteiger partial charge in [-0.3, -0.25) is 4.90 Å². The molecule has 0 amide bonds. The van der Waals surface area contributed by atoms with Gasteiger partial charge in [-0.1, -0.05) is 91.0 Å². The first-order valence-corrected chi connectivity index (χ1v) is 9.09. The molecule has 3 aromatic carbocycles. The zero-order valence-corrected chi connectivity index (χ0v) is 15.0. The van der Waals surface area contributed by atoms with Gasteiger partial charge < -0.3 is 5.11 Å². The Balaban J connectivity index is 1.88. The van der Waals surface area contributed by atoms with E-state index >= 15 is 0 Å². The third kappa shape index (κ3) is 5.29. The molecule has 0 unspecified atom stereocenters. The molecule has 2 nitrogen and oxygen atoms in total. The van der Waals surface area contributed by atoms with Crippen LogP contribution in [0.3, 0.4) is 0 Å². The summed E-state index contributed by atoms with van der Waals surface area (Å²) in [6, 6.07) is 30.8. The van der Waals surface area contributed by atoms with E-state index in [-0.39, 0.29) is 12.9 Å². The van der Waals surface area contributed by atoms with Crippen molar-refractivity contribution in [1.29, 1.82) is 0 Å². The molecule has 2 heteroatoms. The third-order valence-corrected chi connectivity index (χ3v) is 4.66. The first-order valence-electron chi connectivity index (χ1n) is 9.80. The van der Waals surface area contributed by atoms with E-state index in [9.17, 15) is 5.11 Å². The van der Waals surface area contributed by atoms with Gasteiger partial charge in [-0.2, -0.15) is 0 Å². The van der Waals surface area contributed by atoms with Crippen LogP contribution in [0.5, 0.6) is 0 Å². The molecule has 0 aliphatic rings. The van der Waals surface area contributed by atoms with E-state index in [1.165, 1.54) is 16.7 Å². The fraction of sp³-hybridized carbons (Fsp3) is 0.250. The molecule has 0 aliphatic heterocycles. The summed E-state index contributed by atoms with van der Waals surface area (Å²) in [5.41, 5.74) is 3.61. The summed E-state index contributed by atoms with van der Waals surface area (Å²) in [5, 5.41) is 10.7. The van der Waals surface area contributed by atoms with E-state index in [1.54, 1.807) is 0 Å². The molecule has 3 aromatic rings. The van der Waals surface area contributed by atoms with Crippen LogP contribution in [0, 0.1) is 0 Å². The minimum atomic E-state index is -0.697. The Morgan fingerprint density at radius 2 is 1.15 bits per heavy atom. The minimum Gasteiger partial charge on any atom is -0.392 e. The topological polar surface area (TPSA) is 23.5 Å². The largest absolute Gasteiger partial charge is 0.392 e. The van der Waals surface area contributed by atoms with E-state index in [4.69, 9.17) is 1.37 Å². The number of aliphatic hydroxyl groups excluding tert-OH is 1. The molecule has 1 N–H and O–H groups in total. The van der Waals surface area contributed by atoms with Gasteiger partial charge in [0.05, 0.1) is 6.10 Å². The average molecular weight is 346 g/mol. The lowest BCUT2D eigenvalue weighted by molar-refractivity contribution is 0.0506. The summed E-state index contributed by atoms with van der Waals surface area (Å²) in [6.45, 7) is 1.48. The molecule has 0 radical (unpaired) electrons. The Morgan fingerprint density at radius 3 is 1.58 bits per heavy atom. The van der Waals surface area contributed by atoms with Gasteiger partial charge in [0, 0.05) is 20.5 Å². The number of benzene rings is 3. The van der Waals surface area contributed by atoms with Crippen molar-refractivity contribution in [2.75, 3.05) is 0 Å². The molecule has 0 bridgehead atoms. The Bertz CT molecular complexity index is 738. The highest BCUT2D eigenvalue weighted by molar-refractivity contribution is 5.20. The van der Waals surface area contributed by atoms with E-state index < -0.39 is 6.10 Å². The SMILES string of the molecule is [2H]C[C@@H](O)[C@H](Cc1ccccc1)N(Cc1ccccc1)Cc1ccccc1. The molecule has 0 fully saturated rings. The van der Waals surface area contributed by atoms with Crippen molar-refractivity contribution in [1.82, 2.24) is 4.90 Å². The molecule has 0 saturated carbocycles. The standard InChI is InChI=1S/C24H27NO/c1-20(26)24(17-21-11-5-2-6-12-21)25(18-22-13-7-3-8-14-22)19-23-15-9-4-10-16-23/h2-16,20,24,26H,17-19H2,1H3/t20-,24+/m1/s1/i1D. The van der Waals surface area contributed by atoms with Crippen LogP contribution in [0.25, 0.3) is 0 Å². The van der Waals surface area contributed by atoms with Crippen molar-refractivity contribution in [3.63, 3.8) is 0 Å². The second-order valence-electron chi connectivity index (χ2n) is 6.70. The van der Waals surface area contributed by atoms with Crippen molar-refractivity contribution in [3.8, 4) is 0 Å². The van der Waals surface area contributed by atoms with Gasteiger partial charge in [0.25, 0.3) is 0 Å². The van der Waals surface area contributed by atoms with Crippen LogP contribution in [-0.2, 0) is 19.5 Å². The van der Waals surface area contributed by atoms with Crippen LogP contribution in [0.2, 0.25) is 0 Å². The Labute approximate surface area is 158 Å². The molecule has 2 atom stereocenters. The van der Waals surface area contributed by atoms with Crippen molar-refractivity contribution < 1.29 is 6.48 Å². The van der Waals surface area contributed by atoms with Crippen LogP contribution in [-0.4, -0.2) is 22.2 Å². The summed E-state index contributed by atoms with van der Waals surface area (Å²) in [5.74, 6) is 0. The molecule has 0 aromatic heterocycles. The van der Waals surface area contributed by atoms with Crippen LogP contribution < -0.4 is 0 Å². The maximum Gasteiger partial charge on any atom is 0.0670 e. The summed E-state index contributed by atoms with van der Waals surface area (Å²) >= 11 is 0. The summed E-state index contributed by atoms with van der Waals surface area (Å²) in [6.07, 6.45) is 0.0261. The Morgan fingerprint density at radius 1 is 0.731 bits per heavy atom. The first kappa shape index (κ1) is 17.0. The molecular weight excluding hydrogens is 318 g/mol. The van der Waals surface area contributed by atoms with Crippen LogP contribution in [0.1, 0.15) is 25.0 Å². The van der Waals surface area contributed by atoms with Gasteiger partial charge in [0.15, 0.2) is 0 Å². The normalized spacial score (nSPS) is 14.0. The molecule has 26 heavy (non-hydrogen) atoms. The van der Waals surface area contributed by atoms with Crippen molar-refractivity contribution in [2.45, 2.75) is 38.6 Å². The monoisotopic (exact) mass is 346 g/mol. The van der Waals surface area contributed by atoms with Gasteiger partial charge in [0.1, 0.15) is 0 Å². The molecule has 134 valence electrons. The lowest BCUT2D eigenvalue weighted by Crippen LogP contribution is -2.43. The predicted molar refractivity (Wildman–Crippen MR) is 108 cm³/mol. The second-order valence-corrected chi connectivity index (χ2v) is 6.70. The number of hydrogen-bond donors (Lipinski definition) is 1. The fourth-order valence-corrected chi connectivity index (χ4v) is 3.29. The van der Waals surface area contributed by atoms with Gasteiger partial charge >= 0.3 is 0 Å². The number of hydrogen-bond acceptors (Lipinski definition) is 2. The first-order chi connectivity index (χ1) is 13.3. The summed E-state index contributed by atoms with van der Waals surface area (Å²) in [4.78, 5) is 2.30. The third-order valence-electron chi connectivity index (χ3n) is 4.66. The van der Waals surface area contributed by atoms with Crippen LogP contribution in [0.4, 0.5) is 0 Å². The maximum atomic E-state index is 10.7. The van der Waals surface area contributed by atoms with Gasteiger partial charge in [0.2, 0.25) is 0 Å². The van der Waals surface area contributed by atoms with Crippen molar-refractivity contribution in [2.24, 2.45) is 0 Å². The predicted octanol–water partition coefficient (Wildman–Crippen LogP) is 4.68. The fourth-order valence-electron chi connectivity index (χ4n) is 3.29. The molecule has 3 rings (SSSR count). The highest BCUT2D eigenvalue weighted by Crippen LogP contribution is 2.19. The Kier molecular flexibility index (Phi) is 6.10. The maximum absolute atomic E-state index is 10.7. The summed E-state index contributed by atoms with van der Waals surface area (Å²) < 4.78 is 7.78.